The van der Waals surface area contributed by atoms with E-state index in [1.807, 2.05) is 0 Å². The van der Waals surface area contributed by atoms with Crippen LogP contribution < -0.4 is 15.4 Å². The van der Waals surface area contributed by atoms with Crippen LogP contribution in [0.3, 0.4) is 0 Å². The van der Waals surface area contributed by atoms with Crippen molar-refractivity contribution in [3.05, 3.63) is 72.3 Å². The lowest BCUT2D eigenvalue weighted by molar-refractivity contribution is 0.262. The molecule has 2 N–H and O–H groups in total. The number of nitrogens with one attached hydrogen (secondary N) is 2. The molecule has 6 nitrogen and oxygen atoms in total. The summed E-state index contributed by atoms with van der Waals surface area (Å²) in [5, 5.41) is 4.36. The Morgan fingerprint density at radius 3 is 2.12 bits per heavy atom. The number of urea groups is 1. The van der Waals surface area contributed by atoms with Crippen LogP contribution in [0.25, 0.3) is 0 Å². The van der Waals surface area contributed by atoms with E-state index in [4.69, 9.17) is 4.74 Å². The average Bonchev–Trinajstić information content (AvgIpc) is 2.62. The van der Waals surface area contributed by atoms with Crippen LogP contribution >= 0.6 is 0 Å². The quantitative estimate of drug-likeness (QED) is 0.726. The predicted octanol–water partition coefficient (Wildman–Crippen LogP) is 4.33. The van der Waals surface area contributed by atoms with Crippen molar-refractivity contribution in [2.75, 3.05) is 10.6 Å². The van der Waals surface area contributed by atoms with E-state index in [1.165, 1.54) is 36.7 Å². The number of aromatic nitrogens is 2. The molecule has 0 saturated heterocycles. The number of nitrogens with zero attached hydrogens (tertiary/aromatic N) is 2. The maximum atomic E-state index is 13.5. The molecule has 2 aromatic carbocycles. The lowest BCUT2D eigenvalue weighted by Crippen LogP contribution is -2.21. The molecule has 0 aliphatic heterocycles. The molecule has 0 spiro atoms. The molecular weight excluding hydrogens is 349 g/mol. The minimum Gasteiger partial charge on any atom is -0.421 e. The van der Waals surface area contributed by atoms with Gasteiger partial charge in [-0.25, -0.2) is 27.9 Å². The van der Waals surface area contributed by atoms with E-state index in [0.717, 1.165) is 12.1 Å². The van der Waals surface area contributed by atoms with Crippen LogP contribution in [0.2, 0.25) is 0 Å². The highest BCUT2D eigenvalue weighted by molar-refractivity contribution is 5.99. The number of para-hydroxylation sites is 2. The molecule has 1 aromatic heterocycles. The Kier molecular flexibility index (Phi) is 4.97. The first-order valence-corrected chi connectivity index (χ1v) is 7.29. The van der Waals surface area contributed by atoms with Gasteiger partial charge >= 0.3 is 12.0 Å². The van der Waals surface area contributed by atoms with Gasteiger partial charge in [0, 0.05) is 0 Å². The number of benzene rings is 2. The minimum atomic E-state index is -0.912. The van der Waals surface area contributed by atoms with Gasteiger partial charge in [-0.3, -0.25) is 0 Å². The summed E-state index contributed by atoms with van der Waals surface area (Å²) in [6.07, 6.45) is 2.39. The van der Waals surface area contributed by atoms with Crippen LogP contribution in [-0.2, 0) is 0 Å². The van der Waals surface area contributed by atoms with Crippen molar-refractivity contribution in [2.24, 2.45) is 0 Å². The SMILES string of the molecule is O=C(Nc1cnc(Oc2ccccc2F)nc1)Nc1c(F)cccc1F. The fourth-order valence-electron chi connectivity index (χ4n) is 1.95. The first-order valence-electron chi connectivity index (χ1n) is 7.29. The lowest BCUT2D eigenvalue weighted by Gasteiger charge is -2.09. The van der Waals surface area contributed by atoms with E-state index >= 15 is 0 Å². The van der Waals surface area contributed by atoms with Crippen molar-refractivity contribution in [2.45, 2.75) is 0 Å². The number of anilines is 2. The zero-order chi connectivity index (χ0) is 18.5. The summed E-state index contributed by atoms with van der Waals surface area (Å²) in [5.41, 5.74) is -0.439. The summed E-state index contributed by atoms with van der Waals surface area (Å²) < 4.78 is 45.6. The third kappa shape index (κ3) is 4.07. The minimum absolute atomic E-state index is 0.0546. The van der Waals surface area contributed by atoms with Gasteiger partial charge in [0.15, 0.2) is 11.6 Å². The molecule has 0 unspecified atom stereocenters. The highest BCUT2D eigenvalue weighted by Crippen LogP contribution is 2.22. The van der Waals surface area contributed by atoms with Crippen LogP contribution in [0.1, 0.15) is 0 Å². The van der Waals surface area contributed by atoms with Crippen LogP contribution in [0.5, 0.6) is 11.8 Å². The van der Waals surface area contributed by atoms with Gasteiger partial charge in [-0.1, -0.05) is 18.2 Å². The number of carbonyl (C=O) groups excluding carboxylic acids is 1. The number of hydrogen-bond donors (Lipinski definition) is 2. The molecule has 9 heteroatoms. The Balaban J connectivity index is 1.64. The Bertz CT molecular complexity index is 915. The number of amides is 2. The smallest absolute Gasteiger partial charge is 0.323 e. The van der Waals surface area contributed by atoms with Crippen molar-refractivity contribution in [1.29, 1.82) is 0 Å². The van der Waals surface area contributed by atoms with Crippen molar-refractivity contribution in [1.82, 2.24) is 9.97 Å². The van der Waals surface area contributed by atoms with Gasteiger partial charge in [-0.15, -0.1) is 0 Å². The summed E-state index contributed by atoms with van der Waals surface area (Å²) in [5.74, 6) is -2.46. The van der Waals surface area contributed by atoms with Gasteiger partial charge in [-0.2, -0.15) is 0 Å². The van der Waals surface area contributed by atoms with Crippen molar-refractivity contribution < 1.29 is 22.7 Å². The maximum absolute atomic E-state index is 13.5. The number of hydrogen-bond acceptors (Lipinski definition) is 4. The molecule has 0 saturated carbocycles. The van der Waals surface area contributed by atoms with Gasteiger partial charge in [-0.05, 0) is 24.3 Å². The fraction of sp³-hybridized carbons (Fsp3) is 0. The second-order valence-corrected chi connectivity index (χ2v) is 4.96. The summed E-state index contributed by atoms with van der Waals surface area (Å²) in [6, 6.07) is 7.89. The van der Waals surface area contributed by atoms with Gasteiger partial charge in [0.25, 0.3) is 0 Å². The van der Waals surface area contributed by atoms with E-state index in [2.05, 4.69) is 20.6 Å². The summed E-state index contributed by atoms with van der Waals surface area (Å²) in [7, 11) is 0. The third-order valence-corrected chi connectivity index (χ3v) is 3.13. The Morgan fingerprint density at radius 1 is 0.846 bits per heavy atom. The first-order chi connectivity index (χ1) is 12.5. The fourth-order valence-corrected chi connectivity index (χ4v) is 1.95. The molecule has 3 rings (SSSR count). The summed E-state index contributed by atoms with van der Waals surface area (Å²) in [4.78, 5) is 19.5. The monoisotopic (exact) mass is 360 g/mol. The van der Waals surface area contributed by atoms with Crippen LogP contribution in [0.15, 0.2) is 54.9 Å². The van der Waals surface area contributed by atoms with Gasteiger partial charge in [0.05, 0.1) is 18.1 Å². The van der Waals surface area contributed by atoms with E-state index < -0.39 is 29.2 Å². The zero-order valence-corrected chi connectivity index (χ0v) is 13.0. The van der Waals surface area contributed by atoms with Crippen molar-refractivity contribution in [3.8, 4) is 11.8 Å². The second-order valence-electron chi connectivity index (χ2n) is 4.96. The van der Waals surface area contributed by atoms with E-state index in [-0.39, 0.29) is 17.4 Å². The van der Waals surface area contributed by atoms with E-state index in [1.54, 1.807) is 6.07 Å². The molecule has 0 fully saturated rings. The molecule has 1 heterocycles. The number of carbonyl (C=O) groups is 1. The molecule has 3 aromatic rings. The molecule has 0 radical (unpaired) electrons. The standard InChI is InChI=1S/C17H11F3N4O2/c18-11-4-1-2-7-14(11)26-17-21-8-10(9-22-17)23-16(25)24-15-12(19)5-3-6-13(15)20/h1-9H,(H2,23,24,25). The van der Waals surface area contributed by atoms with Gasteiger partial charge < -0.3 is 15.4 Å². The lowest BCUT2D eigenvalue weighted by atomic mass is 10.3. The molecule has 132 valence electrons. The van der Waals surface area contributed by atoms with Crippen molar-refractivity contribution in [3.63, 3.8) is 0 Å². The number of ether oxygens (including phenoxy) is 1. The number of rotatable bonds is 4. The summed E-state index contributed by atoms with van der Waals surface area (Å²) in [6.45, 7) is 0. The van der Waals surface area contributed by atoms with Crippen molar-refractivity contribution >= 4 is 17.4 Å². The molecular formula is C17H11F3N4O2. The predicted molar refractivity (Wildman–Crippen MR) is 87.5 cm³/mol. The highest BCUT2D eigenvalue weighted by Gasteiger charge is 2.12. The molecule has 0 aliphatic rings. The van der Waals surface area contributed by atoms with E-state index in [0.29, 0.717) is 0 Å². The zero-order valence-electron chi connectivity index (χ0n) is 13.0. The molecule has 2 amide bonds. The topological polar surface area (TPSA) is 76.1 Å². The maximum Gasteiger partial charge on any atom is 0.323 e. The molecule has 0 aliphatic carbocycles. The Labute approximate surface area is 145 Å². The van der Waals surface area contributed by atoms with Gasteiger partial charge in [0.1, 0.15) is 17.3 Å². The average molecular weight is 360 g/mol. The molecule has 0 atom stereocenters. The number of halogens is 3. The Morgan fingerprint density at radius 2 is 1.46 bits per heavy atom. The van der Waals surface area contributed by atoms with Crippen LogP contribution in [0.4, 0.5) is 29.3 Å². The van der Waals surface area contributed by atoms with Gasteiger partial charge in [0.2, 0.25) is 0 Å². The van der Waals surface area contributed by atoms with E-state index in [9.17, 15) is 18.0 Å². The largest absolute Gasteiger partial charge is 0.421 e. The Hall–Kier alpha value is -3.62. The summed E-state index contributed by atoms with van der Waals surface area (Å²) >= 11 is 0. The third-order valence-electron chi connectivity index (χ3n) is 3.13. The molecule has 26 heavy (non-hydrogen) atoms. The first kappa shape index (κ1) is 17.2. The highest BCUT2D eigenvalue weighted by atomic mass is 19.1. The van der Waals surface area contributed by atoms with Crippen LogP contribution in [0, 0.1) is 17.5 Å². The second kappa shape index (κ2) is 7.51. The molecule has 0 bridgehead atoms. The normalized spacial score (nSPS) is 10.3. The van der Waals surface area contributed by atoms with Crippen LogP contribution in [-0.4, -0.2) is 16.0 Å².